The zero-order valence-electron chi connectivity index (χ0n) is 15.7. The fraction of sp³-hybridized carbons (Fsp3) is 0.727. The molecule has 2 nitrogen and oxygen atoms in total. The molecule has 0 rings (SSSR count). The Bertz CT molecular complexity index is 340. The van der Waals surface area contributed by atoms with E-state index < -0.39 is 0 Å². The van der Waals surface area contributed by atoms with Gasteiger partial charge in [-0.05, 0) is 44.6 Å². The lowest BCUT2D eigenvalue weighted by atomic mass is 10.1. The van der Waals surface area contributed by atoms with Crippen molar-refractivity contribution in [2.24, 2.45) is 0 Å². The number of allylic oxidation sites excluding steroid dienone is 2. The van der Waals surface area contributed by atoms with Gasteiger partial charge in [0, 0.05) is 6.42 Å². The molecule has 0 N–H and O–H groups in total. The summed E-state index contributed by atoms with van der Waals surface area (Å²) < 4.78 is 5.29. The highest BCUT2D eigenvalue weighted by Gasteiger charge is 2.02. The van der Waals surface area contributed by atoms with Crippen LogP contribution in [0.1, 0.15) is 96.3 Å². The van der Waals surface area contributed by atoms with Gasteiger partial charge in [-0.1, -0.05) is 64.0 Å². The van der Waals surface area contributed by atoms with Gasteiger partial charge in [0.05, 0.1) is 6.61 Å². The lowest BCUT2D eigenvalue weighted by molar-refractivity contribution is -0.143. The summed E-state index contributed by atoms with van der Waals surface area (Å²) in [4.78, 5) is 11.6. The number of esters is 1. The average molecular weight is 335 g/mol. The van der Waals surface area contributed by atoms with E-state index in [0.717, 1.165) is 38.5 Å². The van der Waals surface area contributed by atoms with Gasteiger partial charge in [-0.15, -0.1) is 12.3 Å². The molecule has 0 aliphatic heterocycles. The summed E-state index contributed by atoms with van der Waals surface area (Å²) in [6.07, 6.45) is 21.1. The highest BCUT2D eigenvalue weighted by Crippen LogP contribution is 2.10. The van der Waals surface area contributed by atoms with Crippen molar-refractivity contribution < 1.29 is 9.53 Å². The molecule has 0 saturated carbocycles. The predicted octanol–water partition coefficient (Wildman–Crippen LogP) is 6.91. The molecule has 0 aromatic carbocycles. The number of unbranched alkanes of at least 4 members (excludes halogenated alkanes) is 12. The second kappa shape index (κ2) is 19.8. The van der Waals surface area contributed by atoms with Crippen LogP contribution >= 0.6 is 0 Å². The summed E-state index contributed by atoms with van der Waals surface area (Å²) in [5.74, 6) is -0.0159. The first-order chi connectivity index (χ1) is 11.8. The first kappa shape index (κ1) is 22.7. The van der Waals surface area contributed by atoms with E-state index in [1.807, 2.05) is 12.2 Å². The molecule has 0 radical (unpaired) electrons. The van der Waals surface area contributed by atoms with Crippen molar-refractivity contribution in [3.8, 4) is 0 Å². The second-order valence-corrected chi connectivity index (χ2v) is 6.49. The normalized spacial score (nSPS) is 10.2. The molecule has 0 unspecified atom stereocenters. The average Bonchev–Trinajstić information content (AvgIpc) is 2.59. The van der Waals surface area contributed by atoms with Crippen molar-refractivity contribution in [3.05, 3.63) is 31.0 Å². The largest absolute Gasteiger partial charge is 0.466 e. The summed E-state index contributed by atoms with van der Waals surface area (Å²) in [7, 11) is 0. The van der Waals surface area contributed by atoms with Gasteiger partial charge >= 0.3 is 5.97 Å². The third-order valence-electron chi connectivity index (χ3n) is 4.19. The number of ether oxygens (including phenoxy) is 1. The van der Waals surface area contributed by atoms with Crippen molar-refractivity contribution in [2.45, 2.75) is 96.3 Å². The number of hydrogen-bond acceptors (Lipinski definition) is 2. The van der Waals surface area contributed by atoms with Gasteiger partial charge in [-0.2, -0.15) is 0 Å². The van der Waals surface area contributed by atoms with E-state index in [1.165, 1.54) is 51.4 Å². The molecular weight excluding hydrogens is 296 g/mol. The van der Waals surface area contributed by atoms with Gasteiger partial charge in [0.2, 0.25) is 0 Å². The zero-order valence-corrected chi connectivity index (χ0v) is 15.7. The number of rotatable bonds is 18. The van der Waals surface area contributed by atoms with Gasteiger partial charge in [0.15, 0.2) is 0 Å². The Kier molecular flexibility index (Phi) is 18.7. The van der Waals surface area contributed by atoms with Crippen LogP contribution in [0, 0.1) is 0 Å². The second-order valence-electron chi connectivity index (χ2n) is 6.49. The van der Waals surface area contributed by atoms with E-state index in [2.05, 4.69) is 18.9 Å². The first-order valence-corrected chi connectivity index (χ1v) is 9.92. The van der Waals surface area contributed by atoms with E-state index in [0.29, 0.717) is 13.0 Å². The SMILES string of the molecule is C=C=CCCCCCCCCOC(=O)CCCCCCCCC=C. The zero-order chi connectivity index (χ0) is 17.7. The molecule has 0 spiro atoms. The van der Waals surface area contributed by atoms with Crippen LogP contribution in [-0.2, 0) is 9.53 Å². The van der Waals surface area contributed by atoms with Crippen molar-refractivity contribution in [1.82, 2.24) is 0 Å². The van der Waals surface area contributed by atoms with Crippen LogP contribution in [0.25, 0.3) is 0 Å². The molecule has 0 bridgehead atoms. The molecule has 0 aliphatic rings. The fourth-order valence-corrected chi connectivity index (χ4v) is 2.68. The van der Waals surface area contributed by atoms with Crippen molar-refractivity contribution in [2.75, 3.05) is 6.61 Å². The topological polar surface area (TPSA) is 26.3 Å². The van der Waals surface area contributed by atoms with Gasteiger partial charge in [-0.3, -0.25) is 4.79 Å². The van der Waals surface area contributed by atoms with Gasteiger partial charge in [0.25, 0.3) is 0 Å². The van der Waals surface area contributed by atoms with Crippen LogP contribution in [0.4, 0.5) is 0 Å². The molecule has 0 fully saturated rings. The van der Waals surface area contributed by atoms with Crippen molar-refractivity contribution in [3.63, 3.8) is 0 Å². The lowest BCUT2D eigenvalue weighted by Gasteiger charge is -2.05. The molecule has 0 aromatic rings. The highest BCUT2D eigenvalue weighted by molar-refractivity contribution is 5.69. The molecule has 0 amide bonds. The first-order valence-electron chi connectivity index (χ1n) is 9.92. The van der Waals surface area contributed by atoms with Crippen LogP contribution < -0.4 is 0 Å². The molecule has 2 heteroatoms. The maximum atomic E-state index is 11.6. The molecule has 0 aliphatic carbocycles. The van der Waals surface area contributed by atoms with Gasteiger partial charge in [0.1, 0.15) is 0 Å². The van der Waals surface area contributed by atoms with E-state index in [9.17, 15) is 4.79 Å². The standard InChI is InChI=1S/C22H38O2/c1-3-5-7-9-11-13-15-17-19-21-24-22(23)20-18-16-14-12-10-8-6-4-2/h4-5H,1-2,6-21H2. The van der Waals surface area contributed by atoms with Gasteiger partial charge in [-0.25, -0.2) is 0 Å². The minimum absolute atomic E-state index is 0.0159. The minimum Gasteiger partial charge on any atom is -0.466 e. The van der Waals surface area contributed by atoms with Crippen LogP contribution in [0.5, 0.6) is 0 Å². The number of carbonyl (C=O) groups is 1. The Morgan fingerprint density at radius 1 is 0.792 bits per heavy atom. The fourth-order valence-electron chi connectivity index (χ4n) is 2.68. The molecular formula is C22H38O2. The molecule has 0 heterocycles. The summed E-state index contributed by atoms with van der Waals surface area (Å²) in [5, 5.41) is 0. The maximum Gasteiger partial charge on any atom is 0.305 e. The molecule has 0 aromatic heterocycles. The molecule has 0 atom stereocenters. The van der Waals surface area contributed by atoms with E-state index in [4.69, 9.17) is 4.74 Å². The van der Waals surface area contributed by atoms with Crippen LogP contribution in [0.2, 0.25) is 0 Å². The Labute approximate surface area is 150 Å². The Morgan fingerprint density at radius 2 is 1.33 bits per heavy atom. The lowest BCUT2D eigenvalue weighted by Crippen LogP contribution is -2.05. The van der Waals surface area contributed by atoms with E-state index in [1.54, 1.807) is 0 Å². The molecule has 0 saturated heterocycles. The summed E-state index contributed by atoms with van der Waals surface area (Å²) in [5.41, 5.74) is 2.80. The van der Waals surface area contributed by atoms with Crippen LogP contribution in [-0.4, -0.2) is 12.6 Å². The summed E-state index contributed by atoms with van der Waals surface area (Å²) in [6, 6.07) is 0. The van der Waals surface area contributed by atoms with E-state index >= 15 is 0 Å². The minimum atomic E-state index is -0.0159. The Balaban J connectivity index is 3.18. The van der Waals surface area contributed by atoms with Crippen LogP contribution in [0.15, 0.2) is 31.0 Å². The summed E-state index contributed by atoms with van der Waals surface area (Å²) >= 11 is 0. The number of hydrogen-bond donors (Lipinski definition) is 0. The third kappa shape index (κ3) is 18.8. The Hall–Kier alpha value is -1.27. The number of carbonyl (C=O) groups excluding carboxylic acids is 1. The monoisotopic (exact) mass is 334 g/mol. The predicted molar refractivity (Wildman–Crippen MR) is 104 cm³/mol. The van der Waals surface area contributed by atoms with Gasteiger partial charge < -0.3 is 4.74 Å². The Morgan fingerprint density at radius 3 is 1.96 bits per heavy atom. The molecule has 138 valence electrons. The summed E-state index contributed by atoms with van der Waals surface area (Å²) in [6.45, 7) is 7.89. The van der Waals surface area contributed by atoms with Crippen molar-refractivity contribution >= 4 is 5.97 Å². The quantitative estimate of drug-likeness (QED) is 0.118. The maximum absolute atomic E-state index is 11.6. The van der Waals surface area contributed by atoms with Crippen LogP contribution in [0.3, 0.4) is 0 Å². The van der Waals surface area contributed by atoms with E-state index in [-0.39, 0.29) is 5.97 Å². The molecule has 24 heavy (non-hydrogen) atoms. The smallest absolute Gasteiger partial charge is 0.305 e. The van der Waals surface area contributed by atoms with Crippen molar-refractivity contribution in [1.29, 1.82) is 0 Å². The highest BCUT2D eigenvalue weighted by atomic mass is 16.5. The third-order valence-corrected chi connectivity index (χ3v) is 4.19.